The second kappa shape index (κ2) is 9.93. The van der Waals surface area contributed by atoms with Crippen LogP contribution in [-0.4, -0.2) is 55.0 Å². The molecule has 0 bridgehead atoms. The number of nitrogens with zero attached hydrogens (tertiary/aromatic N) is 1. The molecule has 1 saturated heterocycles. The van der Waals surface area contributed by atoms with Crippen molar-refractivity contribution in [2.75, 3.05) is 25.6 Å². The summed E-state index contributed by atoms with van der Waals surface area (Å²) >= 11 is 1.37. The van der Waals surface area contributed by atoms with E-state index in [0.717, 1.165) is 27.8 Å². The second-order valence-electron chi connectivity index (χ2n) is 10.7. The molecule has 6 nitrogen and oxygen atoms in total. The Kier molecular flexibility index (Phi) is 6.60. The molecule has 2 amide bonds. The Morgan fingerprint density at radius 3 is 2.76 bits per heavy atom. The summed E-state index contributed by atoms with van der Waals surface area (Å²) in [5, 5.41) is 7.48. The summed E-state index contributed by atoms with van der Waals surface area (Å²) < 4.78 is 35.8. The van der Waals surface area contributed by atoms with E-state index in [1.165, 1.54) is 11.3 Å². The highest BCUT2D eigenvalue weighted by atomic mass is 32.1. The number of benzene rings is 2. The van der Waals surface area contributed by atoms with Gasteiger partial charge in [-0.3, -0.25) is 9.59 Å². The summed E-state index contributed by atoms with van der Waals surface area (Å²) in [5.74, 6) is -4.43. The molecule has 38 heavy (non-hydrogen) atoms. The van der Waals surface area contributed by atoms with E-state index in [1.807, 2.05) is 54.6 Å². The number of carbonyl (C=O) groups is 2. The molecular weight excluding hydrogens is 508 g/mol. The lowest BCUT2D eigenvalue weighted by Gasteiger charge is -2.42. The molecule has 2 N–H and O–H groups in total. The number of hydrogen-bond donors (Lipinski definition) is 2. The Morgan fingerprint density at radius 2 is 1.95 bits per heavy atom. The molecule has 0 unspecified atom stereocenters. The minimum Gasteiger partial charge on any atom is -0.383 e. The molecule has 1 aromatic heterocycles. The van der Waals surface area contributed by atoms with E-state index in [9.17, 15) is 18.4 Å². The van der Waals surface area contributed by atoms with Crippen molar-refractivity contribution in [3.05, 3.63) is 65.0 Å². The fraction of sp³-hybridized carbons (Fsp3) is 0.448. The van der Waals surface area contributed by atoms with Crippen LogP contribution in [0.2, 0.25) is 0 Å². The lowest BCUT2D eigenvalue weighted by Crippen LogP contribution is -2.53. The molecule has 3 heterocycles. The Bertz CT molecular complexity index is 1330. The molecular formula is C29H31F2N3O3S. The number of ether oxygens (including phenoxy) is 1. The summed E-state index contributed by atoms with van der Waals surface area (Å²) in [4.78, 5) is 29.6. The minimum absolute atomic E-state index is 0.0222. The number of nitrogens with one attached hydrogen (secondary N) is 2. The molecule has 2 aromatic carbocycles. The van der Waals surface area contributed by atoms with Gasteiger partial charge in [0.2, 0.25) is 11.8 Å². The van der Waals surface area contributed by atoms with Crippen LogP contribution in [0.15, 0.2) is 54.6 Å². The van der Waals surface area contributed by atoms with Gasteiger partial charge >= 0.3 is 0 Å². The van der Waals surface area contributed by atoms with Crippen molar-refractivity contribution in [1.29, 1.82) is 0 Å². The number of hydrogen-bond acceptors (Lipinski definition) is 5. The molecule has 1 saturated carbocycles. The number of anilines is 1. The fourth-order valence-electron chi connectivity index (χ4n) is 6.53. The van der Waals surface area contributed by atoms with E-state index in [1.54, 1.807) is 12.0 Å². The lowest BCUT2D eigenvalue weighted by molar-refractivity contribution is -0.146. The quantitative estimate of drug-likeness (QED) is 0.452. The molecule has 3 aromatic rings. The molecule has 0 spiro atoms. The molecule has 2 fully saturated rings. The Hall–Kier alpha value is -3.04. The van der Waals surface area contributed by atoms with Gasteiger partial charge in [-0.2, -0.15) is 0 Å². The predicted molar refractivity (Wildman–Crippen MR) is 144 cm³/mol. The van der Waals surface area contributed by atoms with Gasteiger partial charge in [-0.15, -0.1) is 11.3 Å². The van der Waals surface area contributed by atoms with E-state index < -0.39 is 24.3 Å². The van der Waals surface area contributed by atoms with E-state index in [2.05, 4.69) is 10.6 Å². The van der Waals surface area contributed by atoms with Crippen molar-refractivity contribution < 1.29 is 23.1 Å². The zero-order valence-corrected chi connectivity index (χ0v) is 22.0. The van der Waals surface area contributed by atoms with Crippen LogP contribution in [0, 0.1) is 11.8 Å². The summed E-state index contributed by atoms with van der Waals surface area (Å²) in [6.07, 6.45) is -0.0819. The van der Waals surface area contributed by atoms with Gasteiger partial charge in [0.05, 0.1) is 29.5 Å². The minimum atomic E-state index is -2.94. The highest BCUT2D eigenvalue weighted by Gasteiger charge is 2.51. The molecule has 1 aliphatic carbocycles. The van der Waals surface area contributed by atoms with Crippen LogP contribution in [0.4, 0.5) is 14.5 Å². The first-order valence-electron chi connectivity index (χ1n) is 13.2. The third-order valence-corrected chi connectivity index (χ3v) is 9.43. The van der Waals surface area contributed by atoms with Crippen molar-refractivity contribution in [2.45, 2.75) is 49.7 Å². The van der Waals surface area contributed by atoms with Crippen LogP contribution < -0.4 is 10.6 Å². The second-order valence-corrected chi connectivity index (χ2v) is 11.7. The third-order valence-electron chi connectivity index (χ3n) is 8.32. The molecule has 6 rings (SSSR count). The van der Waals surface area contributed by atoms with Crippen molar-refractivity contribution in [2.24, 2.45) is 11.8 Å². The largest absolute Gasteiger partial charge is 0.383 e. The molecule has 3 aliphatic rings. The van der Waals surface area contributed by atoms with Gasteiger partial charge in [-0.05, 0) is 42.0 Å². The first-order valence-corrected chi connectivity index (χ1v) is 14.0. The third kappa shape index (κ3) is 4.56. The smallest absolute Gasteiger partial charge is 0.261 e. The number of likely N-dealkylation sites (tertiary alicyclic amines) is 1. The highest BCUT2D eigenvalue weighted by Crippen LogP contribution is 2.48. The monoisotopic (exact) mass is 539 g/mol. The number of carbonyl (C=O) groups excluding carboxylic acids is 2. The van der Waals surface area contributed by atoms with Crippen LogP contribution in [0.3, 0.4) is 0 Å². The summed E-state index contributed by atoms with van der Waals surface area (Å²) in [6, 6.07) is 16.6. The standard InChI is InChI=1S/C29H31F2N3O3S/c1-37-16-23-19-11-13-34(26(19)18-7-3-4-8-21(18)32-23)28(36)20-15-29(30,31)12-10-22(20)33-27(35)25-14-17-6-2-5-9-24(17)38-25/h2-9,14,19-20,22-23,26,32H,10-13,15-16H2,1H3,(H,33,35)/t19-,20+,22-,23+,26+/m1/s1. The van der Waals surface area contributed by atoms with Crippen molar-refractivity contribution in [1.82, 2.24) is 10.2 Å². The van der Waals surface area contributed by atoms with Crippen LogP contribution in [0.1, 0.15) is 47.0 Å². The molecule has 2 aliphatic heterocycles. The molecule has 5 atom stereocenters. The summed E-state index contributed by atoms with van der Waals surface area (Å²) in [7, 11) is 1.66. The Morgan fingerprint density at radius 1 is 1.16 bits per heavy atom. The molecule has 200 valence electrons. The van der Waals surface area contributed by atoms with E-state index in [4.69, 9.17) is 4.74 Å². The first-order chi connectivity index (χ1) is 18.3. The van der Waals surface area contributed by atoms with Gasteiger partial charge in [-0.25, -0.2) is 8.78 Å². The number of methoxy groups -OCH3 is 1. The maximum Gasteiger partial charge on any atom is 0.261 e. The highest BCUT2D eigenvalue weighted by molar-refractivity contribution is 7.20. The fourth-order valence-corrected chi connectivity index (χ4v) is 7.50. The van der Waals surface area contributed by atoms with Gasteiger partial charge in [0, 0.05) is 48.8 Å². The number of thiophene rings is 1. The number of alkyl halides is 2. The maximum absolute atomic E-state index is 14.7. The van der Waals surface area contributed by atoms with Crippen LogP contribution in [-0.2, 0) is 9.53 Å². The zero-order valence-electron chi connectivity index (χ0n) is 21.2. The number of para-hydroxylation sites is 1. The number of rotatable bonds is 5. The zero-order chi connectivity index (χ0) is 26.4. The summed E-state index contributed by atoms with van der Waals surface area (Å²) in [5.41, 5.74) is 1.95. The van der Waals surface area contributed by atoms with Crippen molar-refractivity contribution >= 4 is 38.9 Å². The Balaban J connectivity index is 1.27. The Labute approximate surface area is 224 Å². The predicted octanol–water partition coefficient (Wildman–Crippen LogP) is 5.47. The van der Waals surface area contributed by atoms with Gasteiger partial charge in [-0.1, -0.05) is 36.4 Å². The normalized spacial score (nSPS) is 27.9. The lowest BCUT2D eigenvalue weighted by atomic mass is 9.79. The van der Waals surface area contributed by atoms with Gasteiger partial charge < -0.3 is 20.3 Å². The van der Waals surface area contributed by atoms with Crippen LogP contribution in [0.5, 0.6) is 0 Å². The van der Waals surface area contributed by atoms with Gasteiger partial charge in [0.15, 0.2) is 0 Å². The van der Waals surface area contributed by atoms with Crippen molar-refractivity contribution in [3.63, 3.8) is 0 Å². The van der Waals surface area contributed by atoms with E-state index >= 15 is 0 Å². The summed E-state index contributed by atoms with van der Waals surface area (Å²) in [6.45, 7) is 0.982. The number of amides is 2. The first kappa shape index (κ1) is 25.2. The average Bonchev–Trinajstić information content (AvgIpc) is 3.55. The van der Waals surface area contributed by atoms with Crippen LogP contribution >= 0.6 is 11.3 Å². The topological polar surface area (TPSA) is 70.7 Å². The number of fused-ring (bicyclic) bond motifs is 4. The van der Waals surface area contributed by atoms with E-state index in [0.29, 0.717) is 18.0 Å². The SMILES string of the molecule is COC[C@@H]1Nc2ccccc2[C@H]2[C@@H]1CCN2C(=O)[C@H]1CC(F)(F)CC[C@H]1NC(=O)c1cc2ccccc2s1. The average molecular weight is 540 g/mol. The van der Waals surface area contributed by atoms with E-state index in [-0.39, 0.29) is 42.7 Å². The van der Waals surface area contributed by atoms with Gasteiger partial charge in [0.25, 0.3) is 5.91 Å². The van der Waals surface area contributed by atoms with Crippen molar-refractivity contribution in [3.8, 4) is 0 Å². The van der Waals surface area contributed by atoms with Crippen LogP contribution in [0.25, 0.3) is 10.1 Å². The van der Waals surface area contributed by atoms with Gasteiger partial charge in [0.1, 0.15) is 0 Å². The number of halogens is 2. The molecule has 9 heteroatoms. The maximum atomic E-state index is 14.7. The molecule has 0 radical (unpaired) electrons.